The third-order valence-corrected chi connectivity index (χ3v) is 4.47. The normalized spacial score (nSPS) is 17.0. The summed E-state index contributed by atoms with van der Waals surface area (Å²) in [6, 6.07) is 9.39. The van der Waals surface area contributed by atoms with Crippen LogP contribution in [0.4, 0.5) is 18.9 Å². The van der Waals surface area contributed by atoms with E-state index in [2.05, 4.69) is 25.7 Å². The van der Waals surface area contributed by atoms with Gasteiger partial charge in [0.05, 0.1) is 12.7 Å². The van der Waals surface area contributed by atoms with E-state index in [-0.39, 0.29) is 17.6 Å². The molecule has 1 aliphatic rings. The number of nitrogens with zero attached hydrogens (tertiary/aromatic N) is 4. The number of hydrogen-bond donors (Lipinski definition) is 2. The Morgan fingerprint density at radius 2 is 2.00 bits per heavy atom. The van der Waals surface area contributed by atoms with Crippen molar-refractivity contribution in [1.82, 2.24) is 25.1 Å². The molecule has 1 aliphatic heterocycles. The Morgan fingerprint density at radius 3 is 2.70 bits per heavy atom. The number of benzene rings is 1. The number of anilines is 1. The maximum Gasteiger partial charge on any atom is 0.433 e. The minimum Gasteiger partial charge on any atom is -0.371 e. The van der Waals surface area contributed by atoms with Crippen LogP contribution < -0.4 is 10.6 Å². The molecule has 1 fully saturated rings. The molecular formula is C19H17F3N6O2. The monoisotopic (exact) mass is 418 g/mol. The summed E-state index contributed by atoms with van der Waals surface area (Å²) in [4.78, 5) is 19.4. The highest BCUT2D eigenvalue weighted by Crippen LogP contribution is 2.27. The van der Waals surface area contributed by atoms with Crippen molar-refractivity contribution in [3.8, 4) is 5.82 Å². The van der Waals surface area contributed by atoms with Gasteiger partial charge in [0, 0.05) is 31.0 Å². The lowest BCUT2D eigenvalue weighted by Crippen LogP contribution is -2.33. The molecule has 156 valence electrons. The Morgan fingerprint density at radius 1 is 1.20 bits per heavy atom. The molecule has 0 unspecified atom stereocenters. The Balaban J connectivity index is 1.44. The van der Waals surface area contributed by atoms with Crippen molar-refractivity contribution in [2.24, 2.45) is 0 Å². The number of aromatic nitrogens is 4. The van der Waals surface area contributed by atoms with Crippen LogP contribution in [0.15, 0.2) is 48.9 Å². The number of nitrogens with one attached hydrogen (secondary N) is 2. The van der Waals surface area contributed by atoms with Gasteiger partial charge >= 0.3 is 6.18 Å². The molecular weight excluding hydrogens is 401 g/mol. The zero-order valence-electron chi connectivity index (χ0n) is 15.6. The molecule has 0 bridgehead atoms. The highest BCUT2D eigenvalue weighted by Gasteiger charge is 2.33. The predicted octanol–water partition coefficient (Wildman–Crippen LogP) is 2.59. The highest BCUT2D eigenvalue weighted by atomic mass is 19.4. The minimum atomic E-state index is -4.60. The molecule has 1 atom stereocenters. The van der Waals surface area contributed by atoms with Crippen LogP contribution in [0.5, 0.6) is 0 Å². The maximum absolute atomic E-state index is 12.8. The van der Waals surface area contributed by atoms with Crippen LogP contribution in [0.3, 0.4) is 0 Å². The van der Waals surface area contributed by atoms with Crippen molar-refractivity contribution in [3.05, 3.63) is 65.9 Å². The Kier molecular flexibility index (Phi) is 5.46. The van der Waals surface area contributed by atoms with Gasteiger partial charge in [0.15, 0.2) is 11.5 Å². The number of carbonyl (C=O) groups is 1. The summed E-state index contributed by atoms with van der Waals surface area (Å²) < 4.78 is 45.2. The second-order valence-electron chi connectivity index (χ2n) is 6.54. The third-order valence-electron chi connectivity index (χ3n) is 4.47. The summed E-state index contributed by atoms with van der Waals surface area (Å²) in [7, 11) is 0. The molecule has 2 N–H and O–H groups in total. The summed E-state index contributed by atoms with van der Waals surface area (Å²) in [5.74, 6) is -0.594. The average molecular weight is 418 g/mol. The van der Waals surface area contributed by atoms with Crippen LogP contribution in [0, 0.1) is 0 Å². The summed E-state index contributed by atoms with van der Waals surface area (Å²) in [6.45, 7) is 2.19. The molecule has 11 heteroatoms. The molecule has 3 heterocycles. The first-order valence-corrected chi connectivity index (χ1v) is 9.09. The molecule has 1 amide bonds. The molecule has 1 aromatic carbocycles. The first-order chi connectivity index (χ1) is 14.4. The molecule has 0 radical (unpaired) electrons. The van der Waals surface area contributed by atoms with E-state index in [9.17, 15) is 18.0 Å². The Bertz CT molecular complexity index is 1030. The number of rotatable bonds is 4. The van der Waals surface area contributed by atoms with Crippen LogP contribution in [-0.2, 0) is 10.9 Å². The van der Waals surface area contributed by atoms with Gasteiger partial charge in [0.1, 0.15) is 12.0 Å². The van der Waals surface area contributed by atoms with Gasteiger partial charge in [0.2, 0.25) is 0 Å². The fraction of sp³-hybridized carbons (Fsp3) is 0.263. The van der Waals surface area contributed by atoms with E-state index in [1.165, 1.54) is 12.3 Å². The van der Waals surface area contributed by atoms with Crippen LogP contribution in [-0.4, -0.2) is 45.4 Å². The number of amides is 1. The van der Waals surface area contributed by atoms with E-state index in [1.807, 2.05) is 12.1 Å². The van der Waals surface area contributed by atoms with Gasteiger partial charge < -0.3 is 15.4 Å². The topological polar surface area (TPSA) is 94.0 Å². The molecule has 0 saturated carbocycles. The van der Waals surface area contributed by atoms with Gasteiger partial charge in [-0.3, -0.25) is 4.79 Å². The van der Waals surface area contributed by atoms with Crippen molar-refractivity contribution in [3.63, 3.8) is 0 Å². The SMILES string of the molecule is O=C(Nc1ccc([C@H]2CNCCO2)cc1)c1ccn(-c2cc(C(F)(F)F)ncn2)n1. The van der Waals surface area contributed by atoms with E-state index in [4.69, 9.17) is 4.74 Å². The fourth-order valence-corrected chi connectivity index (χ4v) is 2.96. The second-order valence-corrected chi connectivity index (χ2v) is 6.54. The average Bonchev–Trinajstić information content (AvgIpc) is 3.25. The summed E-state index contributed by atoms with van der Waals surface area (Å²) >= 11 is 0. The van der Waals surface area contributed by atoms with E-state index < -0.39 is 17.8 Å². The number of hydrogen-bond acceptors (Lipinski definition) is 6. The zero-order valence-corrected chi connectivity index (χ0v) is 15.6. The van der Waals surface area contributed by atoms with E-state index in [0.29, 0.717) is 12.3 Å². The molecule has 0 aliphatic carbocycles. The summed E-state index contributed by atoms with van der Waals surface area (Å²) in [6.07, 6.45) is -2.48. The number of halogens is 3. The van der Waals surface area contributed by atoms with Crippen LogP contribution >= 0.6 is 0 Å². The molecule has 3 aromatic rings. The van der Waals surface area contributed by atoms with E-state index in [0.717, 1.165) is 35.7 Å². The maximum atomic E-state index is 12.8. The van der Waals surface area contributed by atoms with Crippen LogP contribution in [0.25, 0.3) is 5.82 Å². The number of alkyl halides is 3. The van der Waals surface area contributed by atoms with Crippen molar-refractivity contribution in [2.45, 2.75) is 12.3 Å². The molecule has 1 saturated heterocycles. The lowest BCUT2D eigenvalue weighted by Gasteiger charge is -2.24. The van der Waals surface area contributed by atoms with E-state index >= 15 is 0 Å². The Hall–Kier alpha value is -3.31. The lowest BCUT2D eigenvalue weighted by atomic mass is 10.1. The molecule has 0 spiro atoms. The largest absolute Gasteiger partial charge is 0.433 e. The summed E-state index contributed by atoms with van der Waals surface area (Å²) in [5.41, 5.74) is 0.495. The number of ether oxygens (including phenoxy) is 1. The van der Waals surface area contributed by atoms with Gasteiger partial charge in [-0.25, -0.2) is 14.6 Å². The van der Waals surface area contributed by atoms with Crippen molar-refractivity contribution in [1.29, 1.82) is 0 Å². The quantitative estimate of drug-likeness (QED) is 0.677. The zero-order chi connectivity index (χ0) is 21.1. The Labute approximate surface area is 169 Å². The van der Waals surface area contributed by atoms with Crippen molar-refractivity contribution >= 4 is 11.6 Å². The number of morpholine rings is 1. The fourth-order valence-electron chi connectivity index (χ4n) is 2.96. The standard InChI is InChI=1S/C19H17F3N6O2/c20-19(21,22)16-9-17(25-11-24-16)28-7-5-14(27-28)18(29)26-13-3-1-12(2-4-13)15-10-23-6-8-30-15/h1-5,7,9,11,15,23H,6,8,10H2,(H,26,29)/t15-/m1/s1. The third kappa shape index (κ3) is 4.47. The van der Waals surface area contributed by atoms with Gasteiger partial charge in [0.25, 0.3) is 5.91 Å². The molecule has 30 heavy (non-hydrogen) atoms. The van der Waals surface area contributed by atoms with Crippen molar-refractivity contribution < 1.29 is 22.7 Å². The van der Waals surface area contributed by atoms with E-state index in [1.54, 1.807) is 12.1 Å². The molecule has 8 nitrogen and oxygen atoms in total. The first kappa shape index (κ1) is 20.0. The second kappa shape index (κ2) is 8.20. The van der Waals surface area contributed by atoms with Gasteiger partial charge in [-0.2, -0.15) is 18.3 Å². The van der Waals surface area contributed by atoms with Crippen molar-refractivity contribution in [2.75, 3.05) is 25.0 Å². The lowest BCUT2D eigenvalue weighted by molar-refractivity contribution is -0.141. The molecule has 2 aromatic heterocycles. The number of carbonyl (C=O) groups excluding carboxylic acids is 1. The van der Waals surface area contributed by atoms with Crippen LogP contribution in [0.2, 0.25) is 0 Å². The van der Waals surface area contributed by atoms with Crippen LogP contribution in [0.1, 0.15) is 27.8 Å². The van der Waals surface area contributed by atoms with Gasteiger partial charge in [-0.1, -0.05) is 12.1 Å². The summed E-state index contributed by atoms with van der Waals surface area (Å²) in [5, 5.41) is 9.97. The highest BCUT2D eigenvalue weighted by molar-refractivity contribution is 6.02. The van der Waals surface area contributed by atoms with Gasteiger partial charge in [-0.05, 0) is 23.8 Å². The predicted molar refractivity (Wildman–Crippen MR) is 100 cm³/mol. The smallest absolute Gasteiger partial charge is 0.371 e. The van der Waals surface area contributed by atoms with Gasteiger partial charge in [-0.15, -0.1) is 0 Å². The molecule has 4 rings (SSSR count). The minimum absolute atomic E-state index is 0.0334. The first-order valence-electron chi connectivity index (χ1n) is 9.09.